The van der Waals surface area contributed by atoms with Gasteiger partial charge in [0.15, 0.2) is 11.6 Å². The van der Waals surface area contributed by atoms with Crippen molar-refractivity contribution < 1.29 is 24.1 Å². The smallest absolute Gasteiger partial charge is 0.269 e. The maximum atomic E-state index is 14.0. The van der Waals surface area contributed by atoms with Crippen molar-refractivity contribution in [2.24, 2.45) is 11.8 Å². The molecule has 6 rings (SSSR count). The van der Waals surface area contributed by atoms with Gasteiger partial charge in [0.1, 0.15) is 6.04 Å². The van der Waals surface area contributed by atoms with Crippen molar-refractivity contribution >= 4 is 46.4 Å². The number of nitro groups is 1. The molecule has 0 radical (unpaired) electrons. The van der Waals surface area contributed by atoms with E-state index in [0.29, 0.717) is 27.3 Å². The van der Waals surface area contributed by atoms with Crippen LogP contribution >= 0.6 is 11.6 Å². The first-order valence-electron chi connectivity index (χ1n) is 12.9. The average Bonchev–Trinajstić information content (AvgIpc) is 3.44. The van der Waals surface area contributed by atoms with Crippen LogP contribution in [0.3, 0.4) is 0 Å². The largest absolute Gasteiger partial charge is 0.359 e. The number of imide groups is 1. The lowest BCUT2D eigenvalue weighted by Crippen LogP contribution is -2.46. The number of hydrogen-bond acceptors (Lipinski definition) is 7. The molecule has 41 heavy (non-hydrogen) atoms. The number of allylic oxidation sites excluding steroid dienone is 2. The normalized spacial score (nSPS) is 22.8. The van der Waals surface area contributed by atoms with E-state index < -0.39 is 40.7 Å². The van der Waals surface area contributed by atoms with Gasteiger partial charge in [0.2, 0.25) is 11.8 Å². The Morgan fingerprint density at radius 3 is 2.24 bits per heavy atom. The van der Waals surface area contributed by atoms with Gasteiger partial charge in [0.05, 0.1) is 28.5 Å². The van der Waals surface area contributed by atoms with E-state index in [-0.39, 0.29) is 22.9 Å². The van der Waals surface area contributed by atoms with Crippen LogP contribution in [0.2, 0.25) is 5.02 Å². The second-order valence-corrected chi connectivity index (χ2v) is 10.6. The number of non-ortho nitro benzene ring substituents is 1. The average molecular weight is 568 g/mol. The molecule has 3 heterocycles. The minimum Gasteiger partial charge on any atom is -0.359 e. The van der Waals surface area contributed by atoms with E-state index in [1.165, 1.54) is 18.2 Å². The summed E-state index contributed by atoms with van der Waals surface area (Å²) in [5, 5.41) is 11.7. The van der Waals surface area contributed by atoms with Gasteiger partial charge in [0, 0.05) is 40.1 Å². The van der Waals surface area contributed by atoms with Crippen molar-refractivity contribution in [3.8, 4) is 0 Å². The number of rotatable bonds is 6. The van der Waals surface area contributed by atoms with Gasteiger partial charge in [-0.3, -0.25) is 29.3 Å². The lowest BCUT2D eigenvalue weighted by Gasteiger charge is -2.33. The van der Waals surface area contributed by atoms with Crippen LogP contribution in [0, 0.1) is 28.9 Å². The molecule has 9 nitrogen and oxygen atoms in total. The number of Topliss-reactive ketones (excluding diaryl/α,β-unsaturated/α-hetero) is 2. The summed E-state index contributed by atoms with van der Waals surface area (Å²) in [4.78, 5) is 68.6. The third kappa shape index (κ3) is 4.25. The van der Waals surface area contributed by atoms with E-state index in [9.17, 15) is 29.3 Å². The lowest BCUT2D eigenvalue weighted by molar-refractivity contribution is -0.384. The highest BCUT2D eigenvalue weighted by Crippen LogP contribution is 2.47. The molecule has 3 aromatic rings. The van der Waals surface area contributed by atoms with Gasteiger partial charge in [-0.05, 0) is 48.9 Å². The predicted octanol–water partition coefficient (Wildman–Crippen LogP) is 4.93. The third-order valence-electron chi connectivity index (χ3n) is 7.88. The van der Waals surface area contributed by atoms with Gasteiger partial charge < -0.3 is 4.90 Å². The quantitative estimate of drug-likeness (QED) is 0.179. The number of carbonyl (C=O) groups is 4. The summed E-state index contributed by atoms with van der Waals surface area (Å²) in [5.41, 5.74) is 1.57. The minimum atomic E-state index is -1.04. The van der Waals surface area contributed by atoms with Crippen LogP contribution < -0.4 is 4.90 Å². The number of nitrogens with zero attached hydrogens (tertiary/aromatic N) is 3. The zero-order valence-electron chi connectivity index (χ0n) is 21.6. The fourth-order valence-electron chi connectivity index (χ4n) is 5.98. The summed E-state index contributed by atoms with van der Waals surface area (Å²) in [6.07, 6.45) is 4.86. The Hall–Kier alpha value is -4.89. The van der Waals surface area contributed by atoms with E-state index in [1.54, 1.807) is 84.8 Å². The van der Waals surface area contributed by atoms with E-state index in [0.717, 1.165) is 4.90 Å². The molecule has 0 spiro atoms. The van der Waals surface area contributed by atoms with E-state index >= 15 is 0 Å². The number of nitro benzene ring substituents is 1. The molecule has 0 aliphatic carbocycles. The Labute approximate surface area is 239 Å². The Morgan fingerprint density at radius 1 is 0.902 bits per heavy atom. The molecule has 10 heteroatoms. The predicted molar refractivity (Wildman–Crippen MR) is 150 cm³/mol. The maximum absolute atomic E-state index is 14.0. The lowest BCUT2D eigenvalue weighted by atomic mass is 9.85. The number of halogens is 1. The van der Waals surface area contributed by atoms with Crippen molar-refractivity contribution in [1.82, 2.24) is 4.90 Å². The molecular weight excluding hydrogens is 546 g/mol. The number of anilines is 1. The summed E-state index contributed by atoms with van der Waals surface area (Å²) >= 11 is 6.03. The van der Waals surface area contributed by atoms with Crippen molar-refractivity contribution in [2.45, 2.75) is 19.0 Å². The van der Waals surface area contributed by atoms with Crippen LogP contribution in [-0.2, 0) is 9.59 Å². The highest BCUT2D eigenvalue weighted by atomic mass is 35.5. The molecule has 2 saturated heterocycles. The van der Waals surface area contributed by atoms with Crippen LogP contribution in [0.25, 0.3) is 0 Å². The summed E-state index contributed by atoms with van der Waals surface area (Å²) in [6, 6.07) is 17.1. The fraction of sp³-hybridized carbons (Fsp3) is 0.161. The SMILES string of the molecule is Cc1cc([N+](=O)[O-])ccc1N1C(=O)[C@@H]2[C@H](C1=O)[C@@H]1C=C(C(=O)c3ccccc3)C=CN1[C@@H]2C(=O)c1ccc(Cl)cc1. The van der Waals surface area contributed by atoms with Crippen LogP contribution in [0.1, 0.15) is 26.3 Å². The molecule has 0 aromatic heterocycles. The van der Waals surface area contributed by atoms with Gasteiger partial charge in [-0.25, -0.2) is 4.90 Å². The number of amides is 2. The molecule has 3 aliphatic rings. The number of aryl methyl sites for hydroxylation is 1. The zero-order chi connectivity index (χ0) is 29.0. The summed E-state index contributed by atoms with van der Waals surface area (Å²) < 4.78 is 0. The Morgan fingerprint density at radius 2 is 1.59 bits per heavy atom. The molecule has 3 aliphatic heterocycles. The molecule has 204 valence electrons. The maximum Gasteiger partial charge on any atom is 0.269 e. The first kappa shape index (κ1) is 26.3. The first-order chi connectivity index (χ1) is 19.7. The van der Waals surface area contributed by atoms with E-state index in [1.807, 2.05) is 0 Å². The fourth-order valence-corrected chi connectivity index (χ4v) is 6.11. The summed E-state index contributed by atoms with van der Waals surface area (Å²) in [6.45, 7) is 1.58. The van der Waals surface area contributed by atoms with Gasteiger partial charge in [-0.1, -0.05) is 48.0 Å². The van der Waals surface area contributed by atoms with Crippen LogP contribution in [0.5, 0.6) is 0 Å². The molecular formula is C31H22ClN3O6. The second kappa shape index (κ2) is 9.94. The van der Waals surface area contributed by atoms with Gasteiger partial charge in [-0.15, -0.1) is 0 Å². The monoisotopic (exact) mass is 567 g/mol. The second-order valence-electron chi connectivity index (χ2n) is 10.2. The number of hydrogen-bond donors (Lipinski definition) is 0. The van der Waals surface area contributed by atoms with Gasteiger partial charge in [0.25, 0.3) is 5.69 Å². The van der Waals surface area contributed by atoms with Crippen LogP contribution in [0.4, 0.5) is 11.4 Å². The van der Waals surface area contributed by atoms with Crippen LogP contribution in [0.15, 0.2) is 96.7 Å². The summed E-state index contributed by atoms with van der Waals surface area (Å²) in [5.74, 6) is -3.71. The van der Waals surface area contributed by atoms with Crippen molar-refractivity contribution in [1.29, 1.82) is 0 Å². The van der Waals surface area contributed by atoms with E-state index in [4.69, 9.17) is 11.6 Å². The standard InChI is InChI=1S/C31H22ClN3O6/c1-17-15-22(35(40)41)11-12-23(17)34-30(38)25-24-16-20(28(36)18-5-3-2-4-6-18)13-14-33(24)27(26(25)31(34)39)29(37)19-7-9-21(32)10-8-19/h2-16,24-27H,1H3/t24-,25+,26+,27-/m0/s1. The molecule has 0 saturated carbocycles. The van der Waals surface area contributed by atoms with Gasteiger partial charge in [-0.2, -0.15) is 0 Å². The van der Waals surface area contributed by atoms with Crippen molar-refractivity contribution in [3.05, 3.63) is 129 Å². The molecule has 0 N–H and O–H groups in total. The Bertz CT molecular complexity index is 1700. The molecule has 4 atom stereocenters. The number of fused-ring (bicyclic) bond motifs is 3. The Kier molecular flexibility index (Phi) is 6.38. The summed E-state index contributed by atoms with van der Waals surface area (Å²) in [7, 11) is 0. The van der Waals surface area contributed by atoms with E-state index in [2.05, 4.69) is 0 Å². The van der Waals surface area contributed by atoms with Gasteiger partial charge >= 0.3 is 0 Å². The molecule has 2 amide bonds. The highest BCUT2D eigenvalue weighted by Gasteiger charge is 2.63. The first-order valence-corrected chi connectivity index (χ1v) is 13.2. The number of benzene rings is 3. The van der Waals surface area contributed by atoms with Crippen LogP contribution in [-0.4, -0.2) is 45.3 Å². The van der Waals surface area contributed by atoms with Crippen molar-refractivity contribution in [2.75, 3.05) is 4.90 Å². The molecule has 2 fully saturated rings. The third-order valence-corrected chi connectivity index (χ3v) is 8.13. The molecule has 0 bridgehead atoms. The molecule has 0 unspecified atom stereocenters. The Balaban J connectivity index is 1.44. The topological polar surface area (TPSA) is 118 Å². The number of ketones is 2. The highest BCUT2D eigenvalue weighted by molar-refractivity contribution is 6.30. The molecule has 3 aromatic carbocycles. The zero-order valence-corrected chi connectivity index (χ0v) is 22.4. The van der Waals surface area contributed by atoms with Crippen molar-refractivity contribution in [3.63, 3.8) is 0 Å². The number of carbonyl (C=O) groups excluding carboxylic acids is 4. The minimum absolute atomic E-state index is 0.170.